The lowest BCUT2D eigenvalue weighted by molar-refractivity contribution is 0.102. The van der Waals surface area contributed by atoms with E-state index in [0.717, 1.165) is 11.1 Å². The molecule has 2 aromatic rings. The van der Waals surface area contributed by atoms with Crippen molar-refractivity contribution < 1.29 is 9.18 Å². The third kappa shape index (κ3) is 3.14. The number of nitrogens with zero attached hydrogens (tertiary/aromatic N) is 1. The Balaban J connectivity index is 2.20. The number of carbonyl (C=O) groups is 1. The van der Waals surface area contributed by atoms with Gasteiger partial charge in [-0.1, -0.05) is 6.07 Å². The first kappa shape index (κ1) is 13.2. The topological polar surface area (TPSA) is 68.0 Å². The van der Waals surface area contributed by atoms with Crippen LogP contribution in [0.1, 0.15) is 21.5 Å². The molecule has 3 N–H and O–H groups in total. The van der Waals surface area contributed by atoms with Gasteiger partial charge in [-0.05, 0) is 42.3 Å². The molecule has 1 amide bonds. The van der Waals surface area contributed by atoms with Gasteiger partial charge in [0.15, 0.2) is 0 Å². The van der Waals surface area contributed by atoms with E-state index in [-0.39, 0.29) is 5.56 Å². The monoisotopic (exact) mass is 259 g/mol. The van der Waals surface area contributed by atoms with Crippen LogP contribution >= 0.6 is 0 Å². The number of amides is 1. The highest BCUT2D eigenvalue weighted by Crippen LogP contribution is 2.13. The molecular weight excluding hydrogens is 245 g/mol. The molecule has 0 aliphatic heterocycles. The van der Waals surface area contributed by atoms with Crippen LogP contribution in [-0.4, -0.2) is 10.9 Å². The van der Waals surface area contributed by atoms with Crippen LogP contribution in [0.2, 0.25) is 0 Å². The minimum Gasteiger partial charge on any atom is -0.326 e. The van der Waals surface area contributed by atoms with Crippen LogP contribution in [-0.2, 0) is 6.54 Å². The molecule has 0 saturated carbocycles. The Hall–Kier alpha value is -2.27. The van der Waals surface area contributed by atoms with Gasteiger partial charge in [-0.3, -0.25) is 4.79 Å². The summed E-state index contributed by atoms with van der Waals surface area (Å²) in [6.45, 7) is 2.11. The van der Waals surface area contributed by atoms with Crippen molar-refractivity contribution in [2.45, 2.75) is 13.5 Å². The highest BCUT2D eigenvalue weighted by atomic mass is 19.1. The molecule has 0 aliphatic carbocycles. The highest BCUT2D eigenvalue weighted by molar-refractivity contribution is 6.04. The van der Waals surface area contributed by atoms with E-state index in [1.807, 2.05) is 0 Å². The molecule has 1 heterocycles. The van der Waals surface area contributed by atoms with Crippen molar-refractivity contribution in [1.29, 1.82) is 0 Å². The van der Waals surface area contributed by atoms with E-state index < -0.39 is 11.7 Å². The molecule has 0 unspecified atom stereocenters. The van der Waals surface area contributed by atoms with Crippen LogP contribution in [0.5, 0.6) is 0 Å². The van der Waals surface area contributed by atoms with Gasteiger partial charge < -0.3 is 11.1 Å². The third-order valence-corrected chi connectivity index (χ3v) is 2.67. The molecule has 2 rings (SSSR count). The average molecular weight is 259 g/mol. The van der Waals surface area contributed by atoms with Gasteiger partial charge in [0.05, 0.1) is 5.56 Å². The zero-order valence-electron chi connectivity index (χ0n) is 10.5. The standard InChI is InChI=1S/C14H14FN3O/c1-9-2-3-11(12(15)6-9)14(19)18-13-7-10(8-16)4-5-17-13/h2-7H,8,16H2,1H3,(H,17,18,19). The predicted molar refractivity (Wildman–Crippen MR) is 71.2 cm³/mol. The molecule has 0 atom stereocenters. The number of aryl methyl sites for hydroxylation is 1. The third-order valence-electron chi connectivity index (χ3n) is 2.67. The number of pyridine rings is 1. The number of nitrogens with two attached hydrogens (primary N) is 1. The Morgan fingerprint density at radius 3 is 2.84 bits per heavy atom. The first-order valence-corrected chi connectivity index (χ1v) is 5.82. The molecule has 5 heteroatoms. The van der Waals surface area contributed by atoms with Gasteiger partial charge in [0.1, 0.15) is 11.6 Å². The van der Waals surface area contributed by atoms with Crippen LogP contribution in [0.3, 0.4) is 0 Å². The van der Waals surface area contributed by atoms with E-state index in [4.69, 9.17) is 5.73 Å². The number of anilines is 1. The number of rotatable bonds is 3. The van der Waals surface area contributed by atoms with Gasteiger partial charge in [0, 0.05) is 12.7 Å². The highest BCUT2D eigenvalue weighted by Gasteiger charge is 2.12. The van der Waals surface area contributed by atoms with Crippen molar-refractivity contribution in [3.63, 3.8) is 0 Å². The second-order valence-corrected chi connectivity index (χ2v) is 4.19. The molecule has 0 radical (unpaired) electrons. The molecule has 0 bridgehead atoms. The number of carbonyl (C=O) groups excluding carboxylic acids is 1. The number of hydrogen-bond acceptors (Lipinski definition) is 3. The number of aromatic nitrogens is 1. The zero-order valence-corrected chi connectivity index (χ0v) is 10.5. The molecule has 0 fully saturated rings. The lowest BCUT2D eigenvalue weighted by Crippen LogP contribution is -2.15. The maximum absolute atomic E-state index is 13.6. The lowest BCUT2D eigenvalue weighted by Gasteiger charge is -2.07. The Morgan fingerprint density at radius 2 is 2.16 bits per heavy atom. The Bertz CT molecular complexity index is 613. The van der Waals surface area contributed by atoms with Crippen molar-refractivity contribution in [3.8, 4) is 0 Å². The smallest absolute Gasteiger partial charge is 0.259 e. The molecule has 0 spiro atoms. The van der Waals surface area contributed by atoms with Crippen LogP contribution in [0, 0.1) is 12.7 Å². The average Bonchev–Trinajstić information content (AvgIpc) is 2.38. The molecule has 4 nitrogen and oxygen atoms in total. The fourth-order valence-electron chi connectivity index (χ4n) is 1.66. The second kappa shape index (κ2) is 5.58. The maximum atomic E-state index is 13.6. The minimum absolute atomic E-state index is 0.00875. The summed E-state index contributed by atoms with van der Waals surface area (Å²) in [5.74, 6) is -0.723. The van der Waals surface area contributed by atoms with Gasteiger partial charge in [-0.2, -0.15) is 0 Å². The van der Waals surface area contributed by atoms with Crippen LogP contribution in [0.4, 0.5) is 10.2 Å². The fraction of sp³-hybridized carbons (Fsp3) is 0.143. The Morgan fingerprint density at radius 1 is 1.37 bits per heavy atom. The number of hydrogen-bond donors (Lipinski definition) is 2. The van der Waals surface area contributed by atoms with Crippen molar-refractivity contribution in [3.05, 3.63) is 59.0 Å². The largest absolute Gasteiger partial charge is 0.326 e. The molecule has 0 aliphatic rings. The van der Waals surface area contributed by atoms with Crippen molar-refractivity contribution in [1.82, 2.24) is 4.98 Å². The van der Waals surface area contributed by atoms with E-state index in [9.17, 15) is 9.18 Å². The zero-order chi connectivity index (χ0) is 13.8. The first-order chi connectivity index (χ1) is 9.10. The van der Waals surface area contributed by atoms with Gasteiger partial charge in [-0.15, -0.1) is 0 Å². The van der Waals surface area contributed by atoms with Crippen molar-refractivity contribution in [2.24, 2.45) is 5.73 Å². The fourth-order valence-corrected chi connectivity index (χ4v) is 1.66. The number of nitrogens with one attached hydrogen (secondary N) is 1. The SMILES string of the molecule is Cc1ccc(C(=O)Nc2cc(CN)ccn2)c(F)c1. The Labute approximate surface area is 110 Å². The molecule has 1 aromatic heterocycles. The summed E-state index contributed by atoms with van der Waals surface area (Å²) in [6.07, 6.45) is 1.54. The first-order valence-electron chi connectivity index (χ1n) is 5.82. The van der Waals surface area contributed by atoms with Crippen LogP contribution in [0.15, 0.2) is 36.5 Å². The van der Waals surface area contributed by atoms with E-state index in [2.05, 4.69) is 10.3 Å². The second-order valence-electron chi connectivity index (χ2n) is 4.19. The van der Waals surface area contributed by atoms with E-state index in [1.54, 1.807) is 31.3 Å². The van der Waals surface area contributed by atoms with Gasteiger partial charge in [0.25, 0.3) is 5.91 Å². The summed E-state index contributed by atoms with van der Waals surface area (Å²) in [6, 6.07) is 7.86. The summed E-state index contributed by atoms with van der Waals surface area (Å²) in [5.41, 5.74) is 7.10. The molecule has 0 saturated heterocycles. The van der Waals surface area contributed by atoms with Gasteiger partial charge in [-0.25, -0.2) is 9.37 Å². The predicted octanol–water partition coefficient (Wildman–Crippen LogP) is 2.24. The van der Waals surface area contributed by atoms with Crippen LogP contribution < -0.4 is 11.1 Å². The minimum atomic E-state index is -0.549. The van der Waals surface area contributed by atoms with E-state index in [1.165, 1.54) is 12.1 Å². The van der Waals surface area contributed by atoms with Gasteiger partial charge in [0.2, 0.25) is 0 Å². The van der Waals surface area contributed by atoms with E-state index >= 15 is 0 Å². The summed E-state index contributed by atoms with van der Waals surface area (Å²) in [5, 5.41) is 2.55. The van der Waals surface area contributed by atoms with E-state index in [0.29, 0.717) is 12.4 Å². The summed E-state index contributed by atoms with van der Waals surface area (Å²) >= 11 is 0. The number of benzene rings is 1. The number of halogens is 1. The molecular formula is C14H14FN3O. The quantitative estimate of drug-likeness (QED) is 0.888. The molecule has 1 aromatic carbocycles. The molecule has 98 valence electrons. The van der Waals surface area contributed by atoms with Crippen LogP contribution in [0.25, 0.3) is 0 Å². The summed E-state index contributed by atoms with van der Waals surface area (Å²) in [4.78, 5) is 15.9. The molecule has 19 heavy (non-hydrogen) atoms. The summed E-state index contributed by atoms with van der Waals surface area (Å²) in [7, 11) is 0. The lowest BCUT2D eigenvalue weighted by atomic mass is 10.1. The van der Waals surface area contributed by atoms with Crippen molar-refractivity contribution >= 4 is 11.7 Å². The maximum Gasteiger partial charge on any atom is 0.259 e. The summed E-state index contributed by atoms with van der Waals surface area (Å²) < 4.78 is 13.6. The Kier molecular flexibility index (Phi) is 3.87. The van der Waals surface area contributed by atoms with Gasteiger partial charge >= 0.3 is 0 Å². The normalized spacial score (nSPS) is 10.3. The van der Waals surface area contributed by atoms with Crippen molar-refractivity contribution in [2.75, 3.05) is 5.32 Å².